The minimum absolute atomic E-state index is 0.0192. The summed E-state index contributed by atoms with van der Waals surface area (Å²) in [5.41, 5.74) is -0.744. The van der Waals surface area contributed by atoms with Crippen molar-refractivity contribution in [2.45, 2.75) is 72.0 Å². The highest BCUT2D eigenvalue weighted by atomic mass is 16.2. The molecular weight excluding hydrogens is 228 g/mol. The second kappa shape index (κ2) is 5.29. The van der Waals surface area contributed by atoms with Crippen LogP contribution in [0, 0.1) is 5.92 Å². The Bertz CT molecular complexity index is 341. The molecular formula is C14H26N2O2. The number of rotatable bonds is 4. The summed E-state index contributed by atoms with van der Waals surface area (Å²) >= 11 is 0. The maximum atomic E-state index is 12.7. The predicted molar refractivity (Wildman–Crippen MR) is 72.1 cm³/mol. The molecule has 0 spiro atoms. The fourth-order valence-electron chi connectivity index (χ4n) is 2.47. The lowest BCUT2D eigenvalue weighted by molar-refractivity contribution is -0.159. The number of nitrogens with one attached hydrogen (secondary N) is 1. The van der Waals surface area contributed by atoms with Crippen LogP contribution in [0.5, 0.6) is 0 Å². The van der Waals surface area contributed by atoms with Crippen molar-refractivity contribution in [2.75, 3.05) is 0 Å². The molecule has 1 rings (SSSR count). The third kappa shape index (κ3) is 2.38. The molecule has 4 heteroatoms. The van der Waals surface area contributed by atoms with Crippen molar-refractivity contribution in [3.63, 3.8) is 0 Å². The van der Waals surface area contributed by atoms with Crippen LogP contribution in [0.1, 0.15) is 54.4 Å². The zero-order valence-electron chi connectivity index (χ0n) is 12.4. The van der Waals surface area contributed by atoms with Gasteiger partial charge in [-0.2, -0.15) is 0 Å². The van der Waals surface area contributed by atoms with E-state index in [1.807, 2.05) is 41.5 Å². The molecule has 0 saturated carbocycles. The van der Waals surface area contributed by atoms with E-state index in [1.165, 1.54) is 0 Å². The van der Waals surface area contributed by atoms with Crippen LogP contribution in [-0.2, 0) is 9.59 Å². The number of piperazine rings is 1. The lowest BCUT2D eigenvalue weighted by Crippen LogP contribution is -2.71. The van der Waals surface area contributed by atoms with Crippen LogP contribution in [-0.4, -0.2) is 34.3 Å². The molecule has 1 aliphatic heterocycles. The quantitative estimate of drug-likeness (QED) is 0.833. The first kappa shape index (κ1) is 15.0. The van der Waals surface area contributed by atoms with Gasteiger partial charge < -0.3 is 10.2 Å². The van der Waals surface area contributed by atoms with E-state index in [-0.39, 0.29) is 29.8 Å². The van der Waals surface area contributed by atoms with Crippen molar-refractivity contribution >= 4 is 11.8 Å². The molecule has 3 unspecified atom stereocenters. The van der Waals surface area contributed by atoms with Crippen LogP contribution >= 0.6 is 0 Å². The second-order valence-electron chi connectivity index (χ2n) is 5.83. The van der Waals surface area contributed by atoms with Gasteiger partial charge in [-0.25, -0.2) is 0 Å². The van der Waals surface area contributed by atoms with E-state index < -0.39 is 5.54 Å². The first-order valence-corrected chi connectivity index (χ1v) is 6.93. The number of amides is 2. The van der Waals surface area contributed by atoms with Gasteiger partial charge in [0.2, 0.25) is 11.8 Å². The maximum Gasteiger partial charge on any atom is 0.248 e. The number of hydrogen-bond donors (Lipinski definition) is 1. The topological polar surface area (TPSA) is 49.4 Å². The van der Waals surface area contributed by atoms with Crippen molar-refractivity contribution in [2.24, 2.45) is 5.92 Å². The average molecular weight is 254 g/mol. The van der Waals surface area contributed by atoms with E-state index in [9.17, 15) is 9.59 Å². The Kier molecular flexibility index (Phi) is 4.41. The van der Waals surface area contributed by atoms with Gasteiger partial charge in [0.25, 0.3) is 0 Å². The van der Waals surface area contributed by atoms with Gasteiger partial charge in [-0.3, -0.25) is 9.59 Å². The highest BCUT2D eigenvalue weighted by molar-refractivity contribution is 5.99. The molecule has 1 heterocycles. The molecule has 104 valence electrons. The van der Waals surface area contributed by atoms with Gasteiger partial charge in [-0.15, -0.1) is 0 Å². The van der Waals surface area contributed by atoms with E-state index in [4.69, 9.17) is 0 Å². The summed E-state index contributed by atoms with van der Waals surface area (Å²) in [7, 11) is 0. The van der Waals surface area contributed by atoms with Crippen LogP contribution in [0.3, 0.4) is 0 Å². The third-order valence-electron chi connectivity index (χ3n) is 4.08. The predicted octanol–water partition coefficient (Wildman–Crippen LogP) is 1.94. The van der Waals surface area contributed by atoms with Crippen molar-refractivity contribution in [3.05, 3.63) is 0 Å². The number of carbonyl (C=O) groups excluding carboxylic acids is 2. The lowest BCUT2D eigenvalue weighted by atomic mass is 9.87. The molecule has 3 atom stereocenters. The van der Waals surface area contributed by atoms with Crippen molar-refractivity contribution in [1.82, 2.24) is 10.2 Å². The Morgan fingerprint density at radius 1 is 1.28 bits per heavy atom. The zero-order valence-corrected chi connectivity index (χ0v) is 12.4. The van der Waals surface area contributed by atoms with Gasteiger partial charge in [0.1, 0.15) is 11.6 Å². The third-order valence-corrected chi connectivity index (χ3v) is 4.08. The zero-order chi connectivity index (χ0) is 14.1. The minimum Gasteiger partial charge on any atom is -0.340 e. The fourth-order valence-corrected chi connectivity index (χ4v) is 2.47. The molecule has 4 nitrogen and oxygen atoms in total. The van der Waals surface area contributed by atoms with Gasteiger partial charge in [0, 0.05) is 6.04 Å². The normalized spacial score (nSPS) is 30.6. The van der Waals surface area contributed by atoms with Gasteiger partial charge in [0.15, 0.2) is 0 Å². The smallest absolute Gasteiger partial charge is 0.248 e. The molecule has 0 aromatic carbocycles. The lowest BCUT2D eigenvalue weighted by Gasteiger charge is -2.48. The molecule has 18 heavy (non-hydrogen) atoms. The summed E-state index contributed by atoms with van der Waals surface area (Å²) in [6.07, 6.45) is 1.48. The molecule has 2 amide bonds. The van der Waals surface area contributed by atoms with E-state index in [1.54, 1.807) is 4.90 Å². The Morgan fingerprint density at radius 3 is 2.22 bits per heavy atom. The molecule has 0 radical (unpaired) electrons. The second-order valence-corrected chi connectivity index (χ2v) is 5.83. The Morgan fingerprint density at radius 2 is 1.83 bits per heavy atom. The first-order valence-electron chi connectivity index (χ1n) is 6.93. The number of hydrogen-bond acceptors (Lipinski definition) is 2. The van der Waals surface area contributed by atoms with Crippen LogP contribution < -0.4 is 5.32 Å². The summed E-state index contributed by atoms with van der Waals surface area (Å²) in [6, 6.07) is -0.242. The summed E-state index contributed by atoms with van der Waals surface area (Å²) < 4.78 is 0. The maximum absolute atomic E-state index is 12.7. The SMILES string of the molecule is CCC(C)N1C(=O)C(C)(CC)NC(=O)C1C(C)C. The van der Waals surface area contributed by atoms with Crippen LogP contribution in [0.2, 0.25) is 0 Å². The monoisotopic (exact) mass is 254 g/mol. The molecule has 0 aromatic heterocycles. The van der Waals surface area contributed by atoms with Crippen molar-refractivity contribution < 1.29 is 9.59 Å². The molecule has 0 aromatic rings. The molecule has 1 saturated heterocycles. The van der Waals surface area contributed by atoms with Gasteiger partial charge in [-0.05, 0) is 32.6 Å². The average Bonchev–Trinajstić information content (AvgIpc) is 2.31. The Labute approximate surface area is 110 Å². The number of nitrogens with zero attached hydrogens (tertiary/aromatic N) is 1. The molecule has 0 aliphatic carbocycles. The highest BCUT2D eigenvalue weighted by Gasteiger charge is 2.49. The number of carbonyl (C=O) groups is 2. The molecule has 0 bridgehead atoms. The van der Waals surface area contributed by atoms with Crippen LogP contribution in [0.15, 0.2) is 0 Å². The van der Waals surface area contributed by atoms with Crippen LogP contribution in [0.4, 0.5) is 0 Å². The summed E-state index contributed by atoms with van der Waals surface area (Å²) in [4.78, 5) is 26.7. The minimum atomic E-state index is -0.744. The van der Waals surface area contributed by atoms with Gasteiger partial charge >= 0.3 is 0 Å². The summed E-state index contributed by atoms with van der Waals surface area (Å²) in [6.45, 7) is 11.8. The molecule has 1 fully saturated rings. The van der Waals surface area contributed by atoms with Gasteiger partial charge in [-0.1, -0.05) is 27.7 Å². The molecule has 1 aliphatic rings. The summed E-state index contributed by atoms with van der Waals surface area (Å²) in [5.74, 6) is 0.163. The Balaban J connectivity index is 3.17. The molecule has 1 N–H and O–H groups in total. The highest BCUT2D eigenvalue weighted by Crippen LogP contribution is 2.27. The van der Waals surface area contributed by atoms with E-state index in [2.05, 4.69) is 5.32 Å². The van der Waals surface area contributed by atoms with Gasteiger partial charge in [0.05, 0.1) is 0 Å². The van der Waals surface area contributed by atoms with Crippen molar-refractivity contribution in [1.29, 1.82) is 0 Å². The largest absolute Gasteiger partial charge is 0.340 e. The first-order chi connectivity index (χ1) is 8.28. The standard InChI is InChI=1S/C14H26N2O2/c1-7-10(5)16-11(9(3)4)12(17)15-14(6,8-2)13(16)18/h9-11H,7-8H2,1-6H3,(H,15,17). The summed E-state index contributed by atoms with van der Waals surface area (Å²) in [5, 5.41) is 2.90. The van der Waals surface area contributed by atoms with E-state index in [0.717, 1.165) is 6.42 Å². The Hall–Kier alpha value is -1.06. The van der Waals surface area contributed by atoms with E-state index in [0.29, 0.717) is 6.42 Å². The van der Waals surface area contributed by atoms with Crippen molar-refractivity contribution in [3.8, 4) is 0 Å². The van der Waals surface area contributed by atoms with E-state index >= 15 is 0 Å². The van der Waals surface area contributed by atoms with Crippen LogP contribution in [0.25, 0.3) is 0 Å². The fraction of sp³-hybridized carbons (Fsp3) is 0.857.